The van der Waals surface area contributed by atoms with Crippen LogP contribution in [0, 0.1) is 24.0 Å². The first-order valence-electron chi connectivity index (χ1n) is 20.4. The van der Waals surface area contributed by atoms with Gasteiger partial charge in [-0.15, -0.1) is 0 Å². The summed E-state index contributed by atoms with van der Waals surface area (Å²) in [5.74, 6) is 0.359. The van der Waals surface area contributed by atoms with E-state index in [0.29, 0.717) is 23.2 Å². The van der Waals surface area contributed by atoms with E-state index in [2.05, 4.69) is 105 Å². The minimum absolute atomic E-state index is 0.0878. The lowest BCUT2D eigenvalue weighted by molar-refractivity contribution is -0.124. The Hall–Kier alpha value is -5.46. The molecule has 6 heteroatoms. The van der Waals surface area contributed by atoms with Gasteiger partial charge in [-0.25, -0.2) is 13.1 Å². The predicted octanol–water partition coefficient (Wildman–Crippen LogP) is 13.2. The van der Waals surface area contributed by atoms with Crippen LogP contribution < -0.4 is 10.6 Å². The van der Waals surface area contributed by atoms with E-state index in [1.165, 1.54) is 11.1 Å². The zero-order valence-corrected chi connectivity index (χ0v) is 33.8. The van der Waals surface area contributed by atoms with Gasteiger partial charge < -0.3 is 20.3 Å². The van der Waals surface area contributed by atoms with Crippen molar-refractivity contribution in [2.45, 2.75) is 117 Å². The number of nitrogens with one attached hydrogen (secondary N) is 2. The van der Waals surface area contributed by atoms with Crippen molar-refractivity contribution in [3.8, 4) is 22.3 Å². The first kappa shape index (κ1) is 38.8. The van der Waals surface area contributed by atoms with Crippen molar-refractivity contribution in [1.29, 1.82) is 0 Å². The summed E-state index contributed by atoms with van der Waals surface area (Å²) in [5, 5.41) is 11.3. The Kier molecular flexibility index (Phi) is 10.8. The summed E-state index contributed by atoms with van der Waals surface area (Å²) in [5.41, 5.74) is 6.00. The third-order valence-corrected chi connectivity index (χ3v) is 12.1. The molecule has 6 nitrogen and oxygen atoms in total. The minimum atomic E-state index is -0.708. The number of carbonyl (C=O) groups is 2. The van der Waals surface area contributed by atoms with Gasteiger partial charge in [-0.3, -0.25) is 9.59 Å². The molecule has 0 aromatic heterocycles. The van der Waals surface area contributed by atoms with Crippen LogP contribution in [0.5, 0.6) is 0 Å². The number of rotatable bonds is 6. The van der Waals surface area contributed by atoms with Gasteiger partial charge >= 0.3 is 0 Å². The average molecular weight is 743 g/mol. The average Bonchev–Trinajstić information content (AvgIpc) is 3.19. The van der Waals surface area contributed by atoms with Gasteiger partial charge in [0.05, 0.1) is 11.4 Å². The highest BCUT2D eigenvalue weighted by atomic mass is 16.2. The summed E-state index contributed by atoms with van der Waals surface area (Å²) in [4.78, 5) is 36.1. The van der Waals surface area contributed by atoms with Crippen molar-refractivity contribution in [2.75, 3.05) is 10.6 Å². The Morgan fingerprint density at radius 2 is 0.839 bits per heavy atom. The molecule has 0 saturated heterocycles. The lowest BCUT2D eigenvalue weighted by atomic mass is 9.78. The summed E-state index contributed by atoms with van der Waals surface area (Å²) in [7, 11) is 0. The lowest BCUT2D eigenvalue weighted by Gasteiger charge is -2.29. The number of hydrogen-bond acceptors (Lipinski definition) is 2. The summed E-state index contributed by atoms with van der Waals surface area (Å²) < 4.78 is 0. The fourth-order valence-electron chi connectivity index (χ4n) is 8.81. The Balaban J connectivity index is 1.50. The highest BCUT2D eigenvalue weighted by Gasteiger charge is 2.32. The molecule has 0 heterocycles. The van der Waals surface area contributed by atoms with Gasteiger partial charge in [-0.05, 0) is 81.3 Å². The third kappa shape index (κ3) is 7.68. The SMILES string of the molecule is [C-]#[N+]C1CCC(c2cccc3cccc(-c4ccc(-c5cccc6cccc(C7CCC([N+]#[C-])CC7)c56)c(NC(=O)C(C)(C)C)c4NC(=O)C(C)(C)C)c23)CC1. The number of fused-ring (bicyclic) bond motifs is 2. The molecule has 7 rings (SSSR count). The highest BCUT2D eigenvalue weighted by Crippen LogP contribution is 2.49. The van der Waals surface area contributed by atoms with Crippen molar-refractivity contribution in [2.24, 2.45) is 10.8 Å². The Morgan fingerprint density at radius 1 is 0.500 bits per heavy atom. The largest absolute Gasteiger partial charge is 0.323 e. The maximum absolute atomic E-state index is 14.2. The monoisotopic (exact) mass is 742 g/mol. The summed E-state index contributed by atoms with van der Waals surface area (Å²) in [6.07, 6.45) is 7.42. The van der Waals surface area contributed by atoms with Crippen LogP contribution in [-0.4, -0.2) is 23.9 Å². The smallest absolute Gasteiger partial charge is 0.229 e. The fraction of sp³-hybridized carbons (Fsp3) is 0.400. The minimum Gasteiger partial charge on any atom is -0.323 e. The molecule has 0 bridgehead atoms. The van der Waals surface area contributed by atoms with Gasteiger partial charge in [0.15, 0.2) is 0 Å². The van der Waals surface area contributed by atoms with E-state index in [4.69, 9.17) is 13.1 Å². The normalized spacial score (nSPS) is 20.2. The van der Waals surface area contributed by atoms with Crippen LogP contribution >= 0.6 is 0 Å². The summed E-state index contributed by atoms with van der Waals surface area (Å²) in [6, 6.07) is 30.2. The van der Waals surface area contributed by atoms with Gasteiger partial charge in [-0.1, -0.05) is 126 Å². The van der Waals surface area contributed by atoms with Crippen LogP contribution in [0.1, 0.15) is 116 Å². The number of anilines is 2. The molecule has 0 atom stereocenters. The van der Waals surface area contributed by atoms with Crippen molar-refractivity contribution in [3.05, 3.63) is 119 Å². The molecule has 2 amide bonds. The number of nitrogens with zero attached hydrogens (tertiary/aromatic N) is 2. The van der Waals surface area contributed by atoms with Crippen molar-refractivity contribution >= 4 is 44.7 Å². The molecule has 286 valence electrons. The molecule has 5 aromatic rings. The number of benzene rings is 5. The molecule has 0 spiro atoms. The molecule has 2 aliphatic carbocycles. The Morgan fingerprint density at radius 3 is 1.16 bits per heavy atom. The molecule has 2 fully saturated rings. The lowest BCUT2D eigenvalue weighted by Crippen LogP contribution is -2.31. The van der Waals surface area contributed by atoms with E-state index in [0.717, 1.165) is 95.2 Å². The van der Waals surface area contributed by atoms with E-state index >= 15 is 0 Å². The van der Waals surface area contributed by atoms with Gasteiger partial charge in [0.1, 0.15) is 0 Å². The number of amides is 2. The van der Waals surface area contributed by atoms with Crippen LogP contribution in [-0.2, 0) is 9.59 Å². The van der Waals surface area contributed by atoms with E-state index in [1.807, 2.05) is 41.5 Å². The molecule has 2 N–H and O–H groups in total. The second kappa shape index (κ2) is 15.6. The highest BCUT2D eigenvalue weighted by molar-refractivity contribution is 6.15. The molecule has 2 saturated carbocycles. The van der Waals surface area contributed by atoms with E-state index < -0.39 is 10.8 Å². The van der Waals surface area contributed by atoms with Crippen LogP contribution in [0.25, 0.3) is 53.5 Å². The number of carbonyl (C=O) groups excluding carboxylic acids is 2. The zero-order valence-electron chi connectivity index (χ0n) is 33.8. The quantitative estimate of drug-likeness (QED) is 0.170. The van der Waals surface area contributed by atoms with Crippen molar-refractivity contribution in [3.63, 3.8) is 0 Å². The van der Waals surface area contributed by atoms with Gasteiger partial charge in [0, 0.05) is 47.6 Å². The standard InChI is InChI=1S/C50H54N4O2/c1-49(2,3)47(55)53-45-41(39-19-11-15-33-13-9-17-37(43(33)39)31-21-25-35(51-7)26-22-31)29-30-42(46(45)54-48(56)50(4,5)6)40-20-12-16-34-14-10-18-38(44(34)40)32-23-27-36(52-8)28-24-32/h9-20,29-32,35-36H,21-28H2,1-6H3,(H,53,55)(H,54,56). The molecule has 0 aliphatic heterocycles. The molecule has 2 aliphatic rings. The molecule has 0 radical (unpaired) electrons. The third-order valence-electron chi connectivity index (χ3n) is 12.1. The van der Waals surface area contributed by atoms with E-state index in [9.17, 15) is 9.59 Å². The Labute approximate surface area is 332 Å². The van der Waals surface area contributed by atoms with Gasteiger partial charge in [-0.2, -0.15) is 0 Å². The fourth-order valence-corrected chi connectivity index (χ4v) is 8.81. The molecule has 5 aromatic carbocycles. The second-order valence-corrected chi connectivity index (χ2v) is 18.1. The van der Waals surface area contributed by atoms with Crippen LogP contribution in [0.2, 0.25) is 0 Å². The summed E-state index contributed by atoms with van der Waals surface area (Å²) in [6.45, 7) is 26.7. The second-order valence-electron chi connectivity index (χ2n) is 18.1. The first-order valence-corrected chi connectivity index (χ1v) is 20.4. The number of hydrogen-bond donors (Lipinski definition) is 2. The topological polar surface area (TPSA) is 66.9 Å². The van der Waals surface area contributed by atoms with Gasteiger partial charge in [0.25, 0.3) is 0 Å². The summed E-state index contributed by atoms with van der Waals surface area (Å²) >= 11 is 0. The van der Waals surface area contributed by atoms with E-state index in [-0.39, 0.29) is 23.9 Å². The molecular formula is C50H54N4O2. The molecular weight excluding hydrogens is 689 g/mol. The van der Waals surface area contributed by atoms with E-state index in [1.54, 1.807) is 0 Å². The predicted molar refractivity (Wildman–Crippen MR) is 232 cm³/mol. The van der Waals surface area contributed by atoms with Crippen molar-refractivity contribution < 1.29 is 9.59 Å². The maximum atomic E-state index is 14.2. The molecule has 56 heavy (non-hydrogen) atoms. The van der Waals surface area contributed by atoms with Gasteiger partial charge in [0.2, 0.25) is 23.9 Å². The van der Waals surface area contributed by atoms with Crippen LogP contribution in [0.15, 0.2) is 84.9 Å². The molecule has 0 unspecified atom stereocenters. The zero-order chi connectivity index (χ0) is 39.8. The Bertz CT molecular complexity index is 2210. The maximum Gasteiger partial charge on any atom is 0.229 e. The van der Waals surface area contributed by atoms with Crippen molar-refractivity contribution in [1.82, 2.24) is 0 Å². The van der Waals surface area contributed by atoms with Crippen LogP contribution in [0.4, 0.5) is 11.4 Å². The first-order chi connectivity index (χ1) is 26.8. The van der Waals surface area contributed by atoms with Crippen LogP contribution in [0.3, 0.4) is 0 Å².